The van der Waals surface area contributed by atoms with Crippen molar-refractivity contribution in [3.05, 3.63) is 36.3 Å². The molecule has 0 aliphatic rings. The maximum absolute atomic E-state index is 12.9. The van der Waals surface area contributed by atoms with Gasteiger partial charge in [-0.15, -0.1) is 6.58 Å². The van der Waals surface area contributed by atoms with Gasteiger partial charge >= 0.3 is 0 Å². The van der Waals surface area contributed by atoms with Gasteiger partial charge in [0, 0.05) is 19.2 Å². The number of aliphatic hydroxyl groups is 1. The summed E-state index contributed by atoms with van der Waals surface area (Å²) in [6.07, 6.45) is 4.92. The molecule has 0 aliphatic heterocycles. The van der Waals surface area contributed by atoms with Crippen molar-refractivity contribution >= 4 is 5.82 Å². The van der Waals surface area contributed by atoms with Crippen molar-refractivity contribution in [3.8, 4) is 0 Å². The number of hydrogen-bond acceptors (Lipinski definition) is 3. The lowest BCUT2D eigenvalue weighted by molar-refractivity contribution is 0.281. The summed E-state index contributed by atoms with van der Waals surface area (Å²) in [6, 6.07) is 1.31. The van der Waals surface area contributed by atoms with Gasteiger partial charge < -0.3 is 10.0 Å². The molecule has 0 spiro atoms. The molecule has 0 amide bonds. The van der Waals surface area contributed by atoms with Crippen LogP contribution in [0.5, 0.6) is 0 Å². The zero-order valence-electron chi connectivity index (χ0n) is 9.49. The van der Waals surface area contributed by atoms with Crippen LogP contribution in [0.3, 0.4) is 0 Å². The van der Waals surface area contributed by atoms with Crippen molar-refractivity contribution in [2.75, 3.05) is 18.5 Å². The lowest BCUT2D eigenvalue weighted by Crippen LogP contribution is -2.21. The summed E-state index contributed by atoms with van der Waals surface area (Å²) in [7, 11) is 1.88. The number of pyridine rings is 1. The summed E-state index contributed by atoms with van der Waals surface area (Å²) >= 11 is 0. The number of anilines is 1. The van der Waals surface area contributed by atoms with Gasteiger partial charge in [0.2, 0.25) is 0 Å². The van der Waals surface area contributed by atoms with Gasteiger partial charge in [0.1, 0.15) is 11.6 Å². The van der Waals surface area contributed by atoms with E-state index in [1.807, 2.05) is 18.0 Å². The minimum absolute atomic E-state index is 0.202. The normalized spacial score (nSPS) is 10.2. The Balaban J connectivity index is 2.73. The molecule has 0 saturated carbocycles. The van der Waals surface area contributed by atoms with Crippen molar-refractivity contribution < 1.29 is 9.50 Å². The van der Waals surface area contributed by atoms with Crippen LogP contribution >= 0.6 is 0 Å². The third-order valence-corrected chi connectivity index (χ3v) is 2.34. The zero-order chi connectivity index (χ0) is 12.0. The number of aromatic nitrogens is 1. The van der Waals surface area contributed by atoms with E-state index in [1.54, 1.807) is 0 Å². The molecule has 0 atom stereocenters. The summed E-state index contributed by atoms with van der Waals surface area (Å²) in [5.41, 5.74) is 0.515. The third kappa shape index (κ3) is 3.31. The van der Waals surface area contributed by atoms with Crippen LogP contribution in [0.1, 0.15) is 18.4 Å². The second-order valence-electron chi connectivity index (χ2n) is 3.65. The maximum Gasteiger partial charge on any atom is 0.142 e. The molecule has 0 saturated heterocycles. The van der Waals surface area contributed by atoms with Gasteiger partial charge in [-0.1, -0.05) is 6.08 Å². The van der Waals surface area contributed by atoms with Crippen LogP contribution in [0, 0.1) is 5.82 Å². The van der Waals surface area contributed by atoms with Crippen molar-refractivity contribution in [2.45, 2.75) is 19.4 Å². The summed E-state index contributed by atoms with van der Waals surface area (Å²) in [5, 5.41) is 9.11. The monoisotopic (exact) mass is 224 g/mol. The molecule has 3 nitrogen and oxygen atoms in total. The maximum atomic E-state index is 12.9. The van der Waals surface area contributed by atoms with Crippen LogP contribution in [0.15, 0.2) is 24.9 Å². The first-order chi connectivity index (χ1) is 7.69. The SMILES string of the molecule is C=CCCCN(C)c1ncc(F)cc1CO. The molecule has 1 N–H and O–H groups in total. The van der Waals surface area contributed by atoms with E-state index < -0.39 is 5.82 Å². The van der Waals surface area contributed by atoms with Crippen LogP contribution in [-0.4, -0.2) is 23.7 Å². The first-order valence-corrected chi connectivity index (χ1v) is 5.26. The molecule has 0 aromatic carbocycles. The van der Waals surface area contributed by atoms with Crippen molar-refractivity contribution in [1.29, 1.82) is 0 Å². The Kier molecular flexibility index (Phi) is 4.92. The lowest BCUT2D eigenvalue weighted by Gasteiger charge is -2.20. The number of nitrogens with zero attached hydrogens (tertiary/aromatic N) is 2. The molecule has 88 valence electrons. The van der Waals surface area contributed by atoms with E-state index in [2.05, 4.69) is 11.6 Å². The van der Waals surface area contributed by atoms with Crippen LogP contribution < -0.4 is 4.90 Å². The number of unbranched alkanes of at least 4 members (excludes halogenated alkanes) is 1. The standard InChI is InChI=1S/C12H17FN2O/c1-3-4-5-6-15(2)12-10(9-16)7-11(13)8-14-12/h3,7-8,16H,1,4-6,9H2,2H3. The van der Waals surface area contributed by atoms with E-state index in [0.29, 0.717) is 11.4 Å². The fourth-order valence-electron chi connectivity index (χ4n) is 1.51. The Bertz CT molecular complexity index is 355. The van der Waals surface area contributed by atoms with Crippen LogP contribution in [-0.2, 0) is 6.61 Å². The van der Waals surface area contributed by atoms with Crippen LogP contribution in [0.25, 0.3) is 0 Å². The fourth-order valence-corrected chi connectivity index (χ4v) is 1.51. The molecule has 0 aliphatic carbocycles. The largest absolute Gasteiger partial charge is 0.392 e. The Labute approximate surface area is 95.2 Å². The zero-order valence-corrected chi connectivity index (χ0v) is 9.49. The van der Waals surface area contributed by atoms with E-state index in [9.17, 15) is 4.39 Å². The molecule has 16 heavy (non-hydrogen) atoms. The molecular formula is C12H17FN2O. The van der Waals surface area contributed by atoms with Gasteiger partial charge in [-0.3, -0.25) is 0 Å². The highest BCUT2D eigenvalue weighted by atomic mass is 19.1. The number of rotatable bonds is 6. The average Bonchev–Trinajstić information content (AvgIpc) is 2.29. The molecule has 1 rings (SSSR count). The minimum Gasteiger partial charge on any atom is -0.392 e. The van der Waals surface area contributed by atoms with Gasteiger partial charge in [-0.2, -0.15) is 0 Å². The molecule has 4 heteroatoms. The van der Waals surface area contributed by atoms with Crippen molar-refractivity contribution in [1.82, 2.24) is 4.98 Å². The summed E-state index contributed by atoms with van der Waals surface area (Å²) in [5.74, 6) is 0.209. The highest BCUT2D eigenvalue weighted by molar-refractivity contribution is 5.45. The Hall–Kier alpha value is -1.42. The van der Waals surface area contributed by atoms with E-state index in [4.69, 9.17) is 5.11 Å². The number of halogens is 1. The summed E-state index contributed by atoms with van der Waals surface area (Å²) in [6.45, 7) is 4.25. The predicted octanol–water partition coefficient (Wildman–Crippen LogP) is 2.12. The highest BCUT2D eigenvalue weighted by Gasteiger charge is 2.09. The second kappa shape index (κ2) is 6.23. The summed E-state index contributed by atoms with van der Waals surface area (Å²) in [4.78, 5) is 5.90. The van der Waals surface area contributed by atoms with E-state index in [0.717, 1.165) is 19.4 Å². The predicted molar refractivity (Wildman–Crippen MR) is 62.8 cm³/mol. The fraction of sp³-hybridized carbons (Fsp3) is 0.417. The minimum atomic E-state index is -0.424. The molecule has 1 heterocycles. The van der Waals surface area contributed by atoms with Gasteiger partial charge in [-0.05, 0) is 18.9 Å². The number of hydrogen-bond donors (Lipinski definition) is 1. The van der Waals surface area contributed by atoms with Crippen LogP contribution in [0.4, 0.5) is 10.2 Å². The quantitative estimate of drug-likeness (QED) is 0.594. The Morgan fingerprint density at radius 2 is 2.38 bits per heavy atom. The number of allylic oxidation sites excluding steroid dienone is 1. The van der Waals surface area contributed by atoms with Gasteiger partial charge in [-0.25, -0.2) is 9.37 Å². The van der Waals surface area contributed by atoms with Gasteiger partial charge in [0.05, 0.1) is 12.8 Å². The first kappa shape index (κ1) is 12.6. The molecule has 1 aromatic rings. The van der Waals surface area contributed by atoms with Crippen LogP contribution in [0.2, 0.25) is 0 Å². The lowest BCUT2D eigenvalue weighted by atomic mass is 10.2. The highest BCUT2D eigenvalue weighted by Crippen LogP contribution is 2.17. The topological polar surface area (TPSA) is 36.4 Å². The van der Waals surface area contributed by atoms with Crippen molar-refractivity contribution in [2.24, 2.45) is 0 Å². The molecular weight excluding hydrogens is 207 g/mol. The van der Waals surface area contributed by atoms with Gasteiger partial charge in [0.25, 0.3) is 0 Å². The second-order valence-corrected chi connectivity index (χ2v) is 3.65. The van der Waals surface area contributed by atoms with Gasteiger partial charge in [0.15, 0.2) is 0 Å². The van der Waals surface area contributed by atoms with E-state index in [-0.39, 0.29) is 6.61 Å². The molecule has 0 unspecified atom stereocenters. The van der Waals surface area contributed by atoms with Crippen molar-refractivity contribution in [3.63, 3.8) is 0 Å². The molecule has 0 radical (unpaired) electrons. The number of aliphatic hydroxyl groups excluding tert-OH is 1. The average molecular weight is 224 g/mol. The first-order valence-electron chi connectivity index (χ1n) is 5.26. The smallest absolute Gasteiger partial charge is 0.142 e. The molecule has 0 fully saturated rings. The van der Waals surface area contributed by atoms with E-state index >= 15 is 0 Å². The molecule has 1 aromatic heterocycles. The third-order valence-electron chi connectivity index (χ3n) is 2.34. The molecule has 0 bridgehead atoms. The summed E-state index contributed by atoms with van der Waals surface area (Å²) < 4.78 is 12.9. The Morgan fingerprint density at radius 1 is 1.62 bits per heavy atom. The van der Waals surface area contributed by atoms with E-state index in [1.165, 1.54) is 12.3 Å². The Morgan fingerprint density at radius 3 is 3.00 bits per heavy atom.